The molecule has 2 heteroatoms. The zero-order chi connectivity index (χ0) is 9.68. The molecule has 0 aromatic heterocycles. The zero-order valence-electron chi connectivity index (χ0n) is 8.33. The van der Waals surface area contributed by atoms with Crippen LogP contribution in [0.2, 0.25) is 0 Å². The third-order valence-corrected chi connectivity index (χ3v) is 1.86. The quantitative estimate of drug-likeness (QED) is 0.707. The van der Waals surface area contributed by atoms with E-state index in [1.54, 1.807) is 14.2 Å². The number of hydrogen-bond acceptors (Lipinski definition) is 2. The van der Waals surface area contributed by atoms with Crippen molar-refractivity contribution in [2.24, 2.45) is 0 Å². The van der Waals surface area contributed by atoms with E-state index in [2.05, 4.69) is 13.3 Å². The highest BCUT2D eigenvalue weighted by molar-refractivity contribution is 5.44. The first-order valence-electron chi connectivity index (χ1n) is 4.37. The van der Waals surface area contributed by atoms with Crippen molar-refractivity contribution in [3.05, 3.63) is 30.2 Å². The van der Waals surface area contributed by atoms with Gasteiger partial charge in [-0.2, -0.15) is 0 Å². The van der Waals surface area contributed by atoms with E-state index in [1.165, 1.54) is 0 Å². The topological polar surface area (TPSA) is 18.5 Å². The highest BCUT2D eigenvalue weighted by Crippen LogP contribution is 2.26. The lowest BCUT2D eigenvalue weighted by atomic mass is 10.1. The zero-order valence-corrected chi connectivity index (χ0v) is 8.33. The summed E-state index contributed by atoms with van der Waals surface area (Å²) in [6.07, 6.45) is 3.13. The third-order valence-electron chi connectivity index (χ3n) is 1.86. The van der Waals surface area contributed by atoms with Crippen LogP contribution in [0.15, 0.2) is 18.2 Å². The van der Waals surface area contributed by atoms with Crippen LogP contribution in [-0.4, -0.2) is 14.2 Å². The smallest absolute Gasteiger partial charge is 0.126 e. The van der Waals surface area contributed by atoms with Crippen LogP contribution in [0.5, 0.6) is 11.5 Å². The number of rotatable bonds is 4. The van der Waals surface area contributed by atoms with E-state index in [-0.39, 0.29) is 0 Å². The summed E-state index contributed by atoms with van der Waals surface area (Å²) in [6.45, 7) is 2.10. The predicted molar refractivity (Wildman–Crippen MR) is 53.2 cm³/mol. The number of hydrogen-bond donors (Lipinski definition) is 0. The molecule has 0 aliphatic heterocycles. The monoisotopic (exact) mass is 179 g/mol. The van der Waals surface area contributed by atoms with Gasteiger partial charge in [0.05, 0.1) is 14.2 Å². The summed E-state index contributed by atoms with van der Waals surface area (Å²) in [7, 11) is 3.32. The lowest BCUT2D eigenvalue weighted by Gasteiger charge is -2.08. The molecule has 0 heterocycles. The lowest BCUT2D eigenvalue weighted by molar-refractivity contribution is 0.392. The van der Waals surface area contributed by atoms with Crippen LogP contribution < -0.4 is 9.47 Å². The van der Waals surface area contributed by atoms with E-state index < -0.39 is 0 Å². The minimum absolute atomic E-state index is 0.824. The SMILES string of the molecule is CC[CH]c1ccc(OC)cc1OC. The molecule has 1 rings (SSSR count). The Morgan fingerprint density at radius 2 is 2.00 bits per heavy atom. The van der Waals surface area contributed by atoms with Crippen LogP contribution in [0.25, 0.3) is 0 Å². The van der Waals surface area contributed by atoms with E-state index >= 15 is 0 Å². The van der Waals surface area contributed by atoms with Crippen molar-refractivity contribution in [2.75, 3.05) is 14.2 Å². The molecule has 0 fully saturated rings. The fraction of sp³-hybridized carbons (Fsp3) is 0.364. The molecule has 0 aliphatic carbocycles. The summed E-state index contributed by atoms with van der Waals surface area (Å²) in [5.41, 5.74) is 1.12. The Bertz CT molecular complexity index is 269. The molecule has 0 unspecified atom stereocenters. The fourth-order valence-corrected chi connectivity index (χ4v) is 1.21. The standard InChI is InChI=1S/C11H15O2/c1-4-5-9-6-7-10(12-2)8-11(9)13-3/h5-8H,4H2,1-3H3. The molecule has 0 bridgehead atoms. The van der Waals surface area contributed by atoms with E-state index in [4.69, 9.17) is 9.47 Å². The molecule has 0 atom stereocenters. The summed E-state index contributed by atoms with van der Waals surface area (Å²) in [6, 6.07) is 5.83. The second-order valence-corrected chi connectivity index (χ2v) is 2.72. The molecule has 0 amide bonds. The van der Waals surface area contributed by atoms with Crippen molar-refractivity contribution in [1.29, 1.82) is 0 Å². The summed E-state index contributed by atoms with van der Waals surface area (Å²) >= 11 is 0. The number of methoxy groups -OCH3 is 2. The van der Waals surface area contributed by atoms with Gasteiger partial charge >= 0.3 is 0 Å². The second kappa shape index (κ2) is 4.75. The Hall–Kier alpha value is -1.18. The highest BCUT2D eigenvalue weighted by atomic mass is 16.5. The molecule has 0 aliphatic rings. The minimum atomic E-state index is 0.824. The van der Waals surface area contributed by atoms with Gasteiger partial charge in [0.15, 0.2) is 0 Å². The molecular weight excluding hydrogens is 164 g/mol. The molecule has 0 N–H and O–H groups in total. The summed E-state index contributed by atoms with van der Waals surface area (Å²) in [5, 5.41) is 0. The van der Waals surface area contributed by atoms with Gasteiger partial charge in [0, 0.05) is 6.07 Å². The molecule has 1 aromatic rings. The van der Waals surface area contributed by atoms with Gasteiger partial charge < -0.3 is 9.47 Å². The molecule has 13 heavy (non-hydrogen) atoms. The summed E-state index contributed by atoms with van der Waals surface area (Å²) < 4.78 is 10.3. The molecule has 71 valence electrons. The Morgan fingerprint density at radius 3 is 2.54 bits per heavy atom. The lowest BCUT2D eigenvalue weighted by Crippen LogP contribution is -1.91. The molecule has 1 radical (unpaired) electrons. The van der Waals surface area contributed by atoms with Gasteiger partial charge in [-0.15, -0.1) is 0 Å². The first kappa shape index (κ1) is 9.90. The molecule has 0 spiro atoms. The van der Waals surface area contributed by atoms with Crippen molar-refractivity contribution >= 4 is 0 Å². The molecule has 0 saturated heterocycles. The van der Waals surface area contributed by atoms with Crippen LogP contribution >= 0.6 is 0 Å². The molecule has 2 nitrogen and oxygen atoms in total. The average molecular weight is 179 g/mol. The summed E-state index contributed by atoms with van der Waals surface area (Å²) in [5.74, 6) is 1.69. The van der Waals surface area contributed by atoms with Crippen molar-refractivity contribution in [2.45, 2.75) is 13.3 Å². The molecular formula is C11H15O2. The van der Waals surface area contributed by atoms with E-state index in [0.717, 1.165) is 23.5 Å². The van der Waals surface area contributed by atoms with Gasteiger partial charge in [-0.25, -0.2) is 0 Å². The molecule has 0 saturated carbocycles. The van der Waals surface area contributed by atoms with E-state index in [9.17, 15) is 0 Å². The average Bonchev–Trinajstić information content (AvgIpc) is 2.19. The third kappa shape index (κ3) is 2.38. The van der Waals surface area contributed by atoms with Gasteiger partial charge in [0.1, 0.15) is 11.5 Å². The Balaban J connectivity index is 2.93. The normalized spacial score (nSPS) is 9.77. The largest absolute Gasteiger partial charge is 0.497 e. The van der Waals surface area contributed by atoms with Crippen molar-refractivity contribution < 1.29 is 9.47 Å². The van der Waals surface area contributed by atoms with Crippen LogP contribution in [0.1, 0.15) is 18.9 Å². The highest BCUT2D eigenvalue weighted by Gasteiger charge is 2.03. The first-order valence-corrected chi connectivity index (χ1v) is 4.37. The van der Waals surface area contributed by atoms with E-state index in [0.29, 0.717) is 0 Å². The van der Waals surface area contributed by atoms with Gasteiger partial charge in [0.25, 0.3) is 0 Å². The maximum absolute atomic E-state index is 5.23. The summed E-state index contributed by atoms with van der Waals surface area (Å²) in [4.78, 5) is 0. The second-order valence-electron chi connectivity index (χ2n) is 2.72. The number of ether oxygens (including phenoxy) is 2. The van der Waals surface area contributed by atoms with Crippen LogP contribution in [0.3, 0.4) is 0 Å². The fourth-order valence-electron chi connectivity index (χ4n) is 1.21. The van der Waals surface area contributed by atoms with Crippen LogP contribution in [0.4, 0.5) is 0 Å². The first-order chi connectivity index (χ1) is 6.31. The van der Waals surface area contributed by atoms with Gasteiger partial charge in [-0.05, 0) is 24.5 Å². The Morgan fingerprint density at radius 1 is 1.23 bits per heavy atom. The van der Waals surface area contributed by atoms with E-state index in [1.807, 2.05) is 18.2 Å². The van der Waals surface area contributed by atoms with Crippen molar-refractivity contribution in [3.63, 3.8) is 0 Å². The van der Waals surface area contributed by atoms with Crippen LogP contribution in [0, 0.1) is 6.42 Å². The Labute approximate surface area is 79.5 Å². The van der Waals surface area contributed by atoms with Gasteiger partial charge in [0.2, 0.25) is 0 Å². The van der Waals surface area contributed by atoms with Gasteiger partial charge in [-0.1, -0.05) is 13.0 Å². The van der Waals surface area contributed by atoms with Crippen molar-refractivity contribution in [1.82, 2.24) is 0 Å². The Kier molecular flexibility index (Phi) is 3.62. The maximum atomic E-state index is 5.23. The van der Waals surface area contributed by atoms with Gasteiger partial charge in [-0.3, -0.25) is 0 Å². The number of benzene rings is 1. The minimum Gasteiger partial charge on any atom is -0.497 e. The predicted octanol–water partition coefficient (Wildman–Crippen LogP) is 2.67. The van der Waals surface area contributed by atoms with Crippen molar-refractivity contribution in [3.8, 4) is 11.5 Å². The van der Waals surface area contributed by atoms with Crippen LogP contribution in [-0.2, 0) is 0 Å². The maximum Gasteiger partial charge on any atom is 0.126 e. The molecule has 1 aromatic carbocycles.